The summed E-state index contributed by atoms with van der Waals surface area (Å²) >= 11 is 0. The van der Waals surface area contributed by atoms with Crippen molar-refractivity contribution in [1.29, 1.82) is 0 Å². The van der Waals surface area contributed by atoms with E-state index in [1.54, 1.807) is 0 Å². The maximum atomic E-state index is 12.1. The molecule has 0 aromatic heterocycles. The molecule has 0 radical (unpaired) electrons. The van der Waals surface area contributed by atoms with Crippen LogP contribution in [-0.4, -0.2) is 62.3 Å². The normalized spacial score (nSPS) is 26.7. The van der Waals surface area contributed by atoms with Crippen LogP contribution in [0.3, 0.4) is 0 Å². The molecule has 2 aliphatic rings. The summed E-state index contributed by atoms with van der Waals surface area (Å²) in [5.41, 5.74) is 5.54. The smallest absolute Gasteiger partial charge is 0.249 e. The average Bonchev–Trinajstić information content (AvgIpc) is 2.97. The van der Waals surface area contributed by atoms with E-state index in [4.69, 9.17) is 10.5 Å². The van der Waals surface area contributed by atoms with E-state index in [1.165, 1.54) is 4.31 Å². The predicted molar refractivity (Wildman–Crippen MR) is 91.0 cm³/mol. The zero-order valence-corrected chi connectivity index (χ0v) is 15.2. The number of nitrogens with one attached hydrogen (secondary N) is 1. The molecular weight excluding hydrogens is 342 g/mol. The average molecular weight is 370 g/mol. The van der Waals surface area contributed by atoms with Gasteiger partial charge in [0.25, 0.3) is 0 Å². The number of hydrogen-bond donors (Lipinski definition) is 2. The Hall–Kier alpha value is -0.410. The number of rotatable bonds is 6. The van der Waals surface area contributed by atoms with Gasteiger partial charge in [0.05, 0.1) is 11.9 Å². The van der Waals surface area contributed by atoms with Crippen LogP contribution in [0.5, 0.6) is 0 Å². The van der Waals surface area contributed by atoms with Crippen LogP contribution >= 0.6 is 12.4 Å². The molecule has 2 fully saturated rings. The highest BCUT2D eigenvalue weighted by Gasteiger charge is 2.33. The molecule has 2 atom stereocenters. The van der Waals surface area contributed by atoms with Crippen LogP contribution in [0.15, 0.2) is 0 Å². The molecule has 7 nitrogen and oxygen atoms in total. The maximum Gasteiger partial charge on any atom is 0.249 e. The number of amides is 1. The summed E-state index contributed by atoms with van der Waals surface area (Å²) in [6.45, 7) is 3.26. The van der Waals surface area contributed by atoms with Gasteiger partial charge in [-0.15, -0.1) is 12.4 Å². The van der Waals surface area contributed by atoms with Crippen LogP contribution in [0.1, 0.15) is 39.0 Å². The van der Waals surface area contributed by atoms with Gasteiger partial charge in [-0.2, -0.15) is 0 Å². The van der Waals surface area contributed by atoms with E-state index in [0.717, 1.165) is 6.42 Å². The van der Waals surface area contributed by atoms with Gasteiger partial charge in [-0.1, -0.05) is 6.92 Å². The first kappa shape index (κ1) is 20.6. The minimum absolute atomic E-state index is 0. The van der Waals surface area contributed by atoms with Gasteiger partial charge in [-0.3, -0.25) is 4.79 Å². The molecule has 136 valence electrons. The Morgan fingerprint density at radius 1 is 1.26 bits per heavy atom. The number of halogens is 1. The second-order valence-corrected chi connectivity index (χ2v) is 8.15. The number of nitrogens with zero attached hydrogens (tertiary/aromatic N) is 1. The summed E-state index contributed by atoms with van der Waals surface area (Å²) in [7, 11) is -3.13. The number of carbonyl (C=O) groups is 1. The summed E-state index contributed by atoms with van der Waals surface area (Å²) in [6, 6.07) is 0.0288. The molecule has 1 amide bonds. The van der Waals surface area contributed by atoms with E-state index in [2.05, 4.69) is 5.32 Å². The highest BCUT2D eigenvalue weighted by atomic mass is 35.5. The Morgan fingerprint density at radius 3 is 2.43 bits per heavy atom. The van der Waals surface area contributed by atoms with E-state index in [-0.39, 0.29) is 36.2 Å². The van der Waals surface area contributed by atoms with E-state index in [1.807, 2.05) is 6.92 Å². The zero-order chi connectivity index (χ0) is 16.2. The van der Waals surface area contributed by atoms with Crippen LogP contribution in [0.2, 0.25) is 0 Å². The first-order valence-electron chi connectivity index (χ1n) is 8.10. The van der Waals surface area contributed by atoms with Gasteiger partial charge in [0, 0.05) is 25.7 Å². The third kappa shape index (κ3) is 5.56. The van der Waals surface area contributed by atoms with Crippen molar-refractivity contribution >= 4 is 28.3 Å². The molecule has 23 heavy (non-hydrogen) atoms. The standard InChI is InChI=1S/C14H27N3O4S.ClH/c1-2-9-22(19,20)17-7-5-11(6-8-17)16-14(18)13-4-3-12(10-15)21-13;/h11-13H,2-10,15H2,1H3,(H,16,18);1H/t12-,13+;/m1./s1. The van der Waals surface area contributed by atoms with Gasteiger partial charge in [0.15, 0.2) is 0 Å². The first-order chi connectivity index (χ1) is 10.5. The minimum Gasteiger partial charge on any atom is -0.364 e. The first-order valence-corrected chi connectivity index (χ1v) is 9.71. The lowest BCUT2D eigenvalue weighted by atomic mass is 10.1. The molecule has 0 bridgehead atoms. The molecule has 0 saturated carbocycles. The Morgan fingerprint density at radius 2 is 1.91 bits per heavy atom. The molecule has 0 aromatic rings. The van der Waals surface area contributed by atoms with Crippen molar-refractivity contribution in [2.75, 3.05) is 25.4 Å². The molecule has 3 N–H and O–H groups in total. The van der Waals surface area contributed by atoms with E-state index >= 15 is 0 Å². The number of nitrogens with two attached hydrogens (primary N) is 1. The number of carbonyl (C=O) groups excluding carboxylic acids is 1. The summed E-state index contributed by atoms with van der Waals surface area (Å²) in [6.07, 6.45) is 3.04. The topological polar surface area (TPSA) is 102 Å². The van der Waals surface area contributed by atoms with Crippen molar-refractivity contribution in [3.05, 3.63) is 0 Å². The van der Waals surface area contributed by atoms with Crippen molar-refractivity contribution in [3.8, 4) is 0 Å². The molecule has 2 saturated heterocycles. The molecular formula is C14H28ClN3O4S. The third-order valence-electron chi connectivity index (χ3n) is 4.32. The monoisotopic (exact) mass is 369 g/mol. The van der Waals surface area contributed by atoms with Crippen molar-refractivity contribution in [3.63, 3.8) is 0 Å². The molecule has 2 aliphatic heterocycles. The van der Waals surface area contributed by atoms with Crippen LogP contribution < -0.4 is 11.1 Å². The molecule has 9 heteroatoms. The van der Waals surface area contributed by atoms with Crippen LogP contribution in [0.4, 0.5) is 0 Å². The largest absolute Gasteiger partial charge is 0.364 e. The summed E-state index contributed by atoms with van der Waals surface area (Å²) in [5, 5.41) is 2.98. The molecule has 2 rings (SSSR count). The third-order valence-corrected chi connectivity index (χ3v) is 6.39. The zero-order valence-electron chi connectivity index (χ0n) is 13.6. The van der Waals surface area contributed by atoms with Crippen LogP contribution in [0, 0.1) is 0 Å². The Kier molecular flexibility index (Phi) is 8.23. The van der Waals surface area contributed by atoms with Gasteiger partial charge in [0.1, 0.15) is 6.10 Å². The second kappa shape index (κ2) is 9.17. The fraction of sp³-hybridized carbons (Fsp3) is 0.929. The lowest BCUT2D eigenvalue weighted by Gasteiger charge is -2.32. The fourth-order valence-electron chi connectivity index (χ4n) is 3.03. The lowest BCUT2D eigenvalue weighted by molar-refractivity contribution is -0.132. The summed E-state index contributed by atoms with van der Waals surface area (Å²) < 4.78 is 31.1. The number of ether oxygens (including phenoxy) is 1. The Labute approximate surface area is 144 Å². The van der Waals surface area contributed by atoms with E-state index in [0.29, 0.717) is 45.3 Å². The highest BCUT2D eigenvalue weighted by Crippen LogP contribution is 2.20. The number of sulfonamides is 1. The Balaban J connectivity index is 0.00000264. The van der Waals surface area contributed by atoms with Crippen molar-refractivity contribution in [2.45, 2.75) is 57.3 Å². The summed E-state index contributed by atoms with van der Waals surface area (Å²) in [4.78, 5) is 12.1. The summed E-state index contributed by atoms with van der Waals surface area (Å²) in [5.74, 6) is 0.103. The quantitative estimate of drug-likeness (QED) is 0.698. The predicted octanol–water partition coefficient (Wildman–Crippen LogP) is 0.235. The molecule has 0 aliphatic carbocycles. The molecule has 0 unspecified atom stereocenters. The SMILES string of the molecule is CCCS(=O)(=O)N1CCC(NC(=O)[C@@H]2CC[C@H](CN)O2)CC1.Cl. The van der Waals surface area contributed by atoms with Crippen molar-refractivity contribution < 1.29 is 17.9 Å². The van der Waals surface area contributed by atoms with Crippen LogP contribution in [0.25, 0.3) is 0 Å². The molecule has 2 heterocycles. The van der Waals surface area contributed by atoms with Gasteiger partial charge < -0.3 is 15.8 Å². The second-order valence-electron chi connectivity index (χ2n) is 6.06. The van der Waals surface area contributed by atoms with Crippen molar-refractivity contribution in [2.24, 2.45) is 5.73 Å². The van der Waals surface area contributed by atoms with Gasteiger partial charge in [-0.25, -0.2) is 12.7 Å². The molecule has 0 aromatic carbocycles. The van der Waals surface area contributed by atoms with E-state index in [9.17, 15) is 13.2 Å². The van der Waals surface area contributed by atoms with Crippen LogP contribution in [-0.2, 0) is 19.6 Å². The van der Waals surface area contributed by atoms with Gasteiger partial charge in [0.2, 0.25) is 15.9 Å². The van der Waals surface area contributed by atoms with Gasteiger partial charge in [-0.05, 0) is 32.1 Å². The van der Waals surface area contributed by atoms with Gasteiger partial charge >= 0.3 is 0 Å². The fourth-order valence-corrected chi connectivity index (χ4v) is 4.57. The minimum atomic E-state index is -3.13. The Bertz CT molecular complexity index is 480. The van der Waals surface area contributed by atoms with Crippen molar-refractivity contribution in [1.82, 2.24) is 9.62 Å². The lowest BCUT2D eigenvalue weighted by Crippen LogP contribution is -2.49. The van der Waals surface area contributed by atoms with E-state index < -0.39 is 16.1 Å². The molecule has 0 spiro atoms. The number of hydrogen-bond acceptors (Lipinski definition) is 5. The number of piperidine rings is 1. The highest BCUT2D eigenvalue weighted by molar-refractivity contribution is 7.89. The maximum absolute atomic E-state index is 12.1.